The number of halogens is 1. The highest BCUT2D eigenvalue weighted by atomic mass is 79.9. The van der Waals surface area contributed by atoms with E-state index < -0.39 is 0 Å². The molecule has 1 amide bonds. The molecule has 0 bridgehead atoms. The van der Waals surface area contributed by atoms with Crippen LogP contribution in [0.5, 0.6) is 0 Å². The zero-order chi connectivity index (χ0) is 12.3. The quantitative estimate of drug-likeness (QED) is 0.859. The molecular weight excluding hydrogens is 280 g/mol. The van der Waals surface area contributed by atoms with Gasteiger partial charge in [-0.15, -0.1) is 0 Å². The molecule has 0 radical (unpaired) electrons. The minimum atomic E-state index is 0.154. The van der Waals surface area contributed by atoms with Crippen molar-refractivity contribution in [2.45, 2.75) is 6.92 Å². The first-order valence-electron chi connectivity index (χ1n) is 6.09. The number of hydrogen-bond donors (Lipinski definition) is 1. The van der Waals surface area contributed by atoms with Crippen molar-refractivity contribution in [3.05, 3.63) is 34.3 Å². The third kappa shape index (κ3) is 3.07. The number of amides is 1. The Hall–Kier alpha value is -0.870. The van der Waals surface area contributed by atoms with Crippen LogP contribution in [-0.4, -0.2) is 43.5 Å². The van der Waals surface area contributed by atoms with Crippen LogP contribution < -0.4 is 4.90 Å². The number of carbonyl (C=O) groups excluding carboxylic acids is 1. The molecule has 3 nitrogen and oxygen atoms in total. The number of quaternary nitrogens is 1. The molecule has 0 aromatic heterocycles. The molecule has 0 unspecified atom stereocenters. The zero-order valence-electron chi connectivity index (χ0n) is 10.1. The van der Waals surface area contributed by atoms with Crippen molar-refractivity contribution in [2.75, 3.05) is 32.7 Å². The van der Waals surface area contributed by atoms with Crippen molar-refractivity contribution in [1.82, 2.24) is 4.90 Å². The van der Waals surface area contributed by atoms with Gasteiger partial charge < -0.3 is 9.80 Å². The van der Waals surface area contributed by atoms with Crippen molar-refractivity contribution < 1.29 is 9.69 Å². The van der Waals surface area contributed by atoms with Gasteiger partial charge in [0.2, 0.25) is 0 Å². The second-order valence-electron chi connectivity index (χ2n) is 4.41. The van der Waals surface area contributed by atoms with Gasteiger partial charge in [0.05, 0.1) is 32.7 Å². The van der Waals surface area contributed by atoms with Gasteiger partial charge in [-0.05, 0) is 25.1 Å². The smallest absolute Gasteiger partial charge is 0.254 e. The lowest BCUT2D eigenvalue weighted by Crippen LogP contribution is -3.14. The van der Waals surface area contributed by atoms with E-state index in [0.29, 0.717) is 0 Å². The van der Waals surface area contributed by atoms with E-state index in [2.05, 4.69) is 22.9 Å². The standard InChI is InChI=1S/C13H17BrN2O/c1-2-15-6-8-16(9-7-15)13(17)11-4-3-5-12(14)10-11/h3-5,10H,2,6-9H2,1H3/p+1. The van der Waals surface area contributed by atoms with E-state index in [1.54, 1.807) is 4.90 Å². The Balaban J connectivity index is 2.02. The molecule has 1 saturated heterocycles. The lowest BCUT2D eigenvalue weighted by Gasteiger charge is -2.31. The first kappa shape index (κ1) is 12.6. The molecule has 1 heterocycles. The molecule has 92 valence electrons. The fourth-order valence-electron chi connectivity index (χ4n) is 2.18. The summed E-state index contributed by atoms with van der Waals surface area (Å²) in [6, 6.07) is 7.62. The maximum Gasteiger partial charge on any atom is 0.254 e. The van der Waals surface area contributed by atoms with Gasteiger partial charge in [-0.2, -0.15) is 0 Å². The van der Waals surface area contributed by atoms with Crippen LogP contribution >= 0.6 is 15.9 Å². The number of hydrogen-bond acceptors (Lipinski definition) is 1. The molecule has 1 N–H and O–H groups in total. The Kier molecular flexibility index (Phi) is 4.18. The minimum Gasteiger partial charge on any atom is -0.332 e. The van der Waals surface area contributed by atoms with Crippen molar-refractivity contribution in [3.63, 3.8) is 0 Å². The number of nitrogens with zero attached hydrogens (tertiary/aromatic N) is 1. The van der Waals surface area contributed by atoms with Crippen LogP contribution in [0.15, 0.2) is 28.7 Å². The first-order chi connectivity index (χ1) is 8.20. The molecule has 1 aromatic carbocycles. The third-order valence-corrected chi connectivity index (χ3v) is 3.82. The normalized spacial score (nSPS) is 17.2. The molecule has 0 spiro atoms. The van der Waals surface area contributed by atoms with Crippen molar-refractivity contribution in [2.24, 2.45) is 0 Å². The topological polar surface area (TPSA) is 24.8 Å². The van der Waals surface area contributed by atoms with Crippen LogP contribution in [0, 0.1) is 0 Å². The maximum absolute atomic E-state index is 12.2. The highest BCUT2D eigenvalue weighted by Crippen LogP contribution is 2.13. The Morgan fingerprint density at radius 2 is 2.12 bits per heavy atom. The molecule has 17 heavy (non-hydrogen) atoms. The number of nitrogens with one attached hydrogen (secondary N) is 1. The van der Waals surface area contributed by atoms with Crippen LogP contribution in [0.2, 0.25) is 0 Å². The van der Waals surface area contributed by atoms with Crippen LogP contribution in [-0.2, 0) is 0 Å². The van der Waals surface area contributed by atoms with Gasteiger partial charge in [0, 0.05) is 10.0 Å². The summed E-state index contributed by atoms with van der Waals surface area (Å²) in [6.45, 7) is 7.22. The molecular formula is C13H18BrN2O+. The highest BCUT2D eigenvalue weighted by molar-refractivity contribution is 9.10. The zero-order valence-corrected chi connectivity index (χ0v) is 11.7. The summed E-state index contributed by atoms with van der Waals surface area (Å²) in [6.07, 6.45) is 0. The second kappa shape index (κ2) is 5.65. The van der Waals surface area contributed by atoms with Gasteiger partial charge in [0.15, 0.2) is 0 Å². The molecule has 1 aromatic rings. The van der Waals surface area contributed by atoms with E-state index in [-0.39, 0.29) is 5.91 Å². The van der Waals surface area contributed by atoms with Gasteiger partial charge >= 0.3 is 0 Å². The molecule has 1 fully saturated rings. The molecule has 0 aliphatic carbocycles. The predicted molar refractivity (Wildman–Crippen MR) is 71.3 cm³/mol. The van der Waals surface area contributed by atoms with Gasteiger partial charge in [-0.3, -0.25) is 4.79 Å². The van der Waals surface area contributed by atoms with Gasteiger partial charge in [0.1, 0.15) is 0 Å². The van der Waals surface area contributed by atoms with E-state index in [4.69, 9.17) is 0 Å². The fourth-order valence-corrected chi connectivity index (χ4v) is 2.58. The van der Waals surface area contributed by atoms with Crippen LogP contribution in [0.1, 0.15) is 17.3 Å². The number of carbonyl (C=O) groups is 1. The summed E-state index contributed by atoms with van der Waals surface area (Å²) in [4.78, 5) is 15.8. The van der Waals surface area contributed by atoms with Gasteiger partial charge in [-0.25, -0.2) is 0 Å². The van der Waals surface area contributed by atoms with Crippen LogP contribution in [0.4, 0.5) is 0 Å². The largest absolute Gasteiger partial charge is 0.332 e. The predicted octanol–water partition coefficient (Wildman–Crippen LogP) is 0.810. The Morgan fingerprint density at radius 3 is 2.71 bits per heavy atom. The van der Waals surface area contributed by atoms with Crippen LogP contribution in [0.3, 0.4) is 0 Å². The number of likely N-dealkylation sites (N-methyl/N-ethyl adjacent to an activating group) is 1. The molecule has 4 heteroatoms. The lowest BCUT2D eigenvalue weighted by atomic mass is 10.2. The van der Waals surface area contributed by atoms with E-state index in [9.17, 15) is 4.79 Å². The molecule has 1 aliphatic heterocycles. The third-order valence-electron chi connectivity index (χ3n) is 3.33. The number of piperazine rings is 1. The monoisotopic (exact) mass is 297 g/mol. The first-order valence-corrected chi connectivity index (χ1v) is 6.88. The average Bonchev–Trinajstić information content (AvgIpc) is 2.38. The average molecular weight is 298 g/mol. The Labute approximate surface area is 111 Å². The summed E-state index contributed by atoms with van der Waals surface area (Å²) in [7, 11) is 0. The van der Waals surface area contributed by atoms with Gasteiger partial charge in [0.25, 0.3) is 5.91 Å². The Morgan fingerprint density at radius 1 is 1.41 bits per heavy atom. The summed E-state index contributed by atoms with van der Waals surface area (Å²) in [5.74, 6) is 0.154. The number of benzene rings is 1. The molecule has 0 saturated carbocycles. The summed E-state index contributed by atoms with van der Waals surface area (Å²) in [5.41, 5.74) is 0.777. The van der Waals surface area contributed by atoms with E-state index >= 15 is 0 Å². The van der Waals surface area contributed by atoms with Crippen LogP contribution in [0.25, 0.3) is 0 Å². The SMILES string of the molecule is CC[NH+]1CCN(C(=O)c2cccc(Br)c2)CC1. The van der Waals surface area contributed by atoms with Crippen molar-refractivity contribution >= 4 is 21.8 Å². The highest BCUT2D eigenvalue weighted by Gasteiger charge is 2.23. The summed E-state index contributed by atoms with van der Waals surface area (Å²) >= 11 is 3.40. The van der Waals surface area contributed by atoms with Gasteiger partial charge in [-0.1, -0.05) is 22.0 Å². The fraction of sp³-hybridized carbons (Fsp3) is 0.462. The number of rotatable bonds is 2. The van der Waals surface area contributed by atoms with E-state index in [1.165, 1.54) is 0 Å². The summed E-state index contributed by atoms with van der Waals surface area (Å²) in [5, 5.41) is 0. The van der Waals surface area contributed by atoms with E-state index in [0.717, 1.165) is 42.8 Å². The maximum atomic E-state index is 12.2. The van der Waals surface area contributed by atoms with Crippen molar-refractivity contribution in [3.8, 4) is 0 Å². The Bertz CT molecular complexity index is 400. The van der Waals surface area contributed by atoms with E-state index in [1.807, 2.05) is 29.2 Å². The molecule has 2 rings (SSSR count). The molecule has 0 atom stereocenters. The minimum absolute atomic E-state index is 0.154. The second-order valence-corrected chi connectivity index (χ2v) is 5.32. The molecule has 1 aliphatic rings. The summed E-state index contributed by atoms with van der Waals surface area (Å²) < 4.78 is 0.959. The lowest BCUT2D eigenvalue weighted by molar-refractivity contribution is -0.902. The van der Waals surface area contributed by atoms with Crippen molar-refractivity contribution in [1.29, 1.82) is 0 Å².